The summed E-state index contributed by atoms with van der Waals surface area (Å²) in [7, 11) is 0. The minimum absolute atomic E-state index is 0.0733. The molecule has 0 aliphatic carbocycles. The zero-order valence-electron chi connectivity index (χ0n) is 15.5. The van der Waals surface area contributed by atoms with Gasteiger partial charge in [-0.2, -0.15) is 5.26 Å². The maximum absolute atomic E-state index is 14.0. The van der Waals surface area contributed by atoms with Crippen LogP contribution in [0.3, 0.4) is 0 Å². The second kappa shape index (κ2) is 10.9. The zero-order chi connectivity index (χ0) is 20.4. The highest BCUT2D eigenvalue weighted by molar-refractivity contribution is 5.97. The predicted octanol–water partition coefficient (Wildman–Crippen LogP) is 3.29. The summed E-state index contributed by atoms with van der Waals surface area (Å²) in [6.45, 7) is 4.83. The average molecular weight is 374 g/mol. The van der Waals surface area contributed by atoms with Crippen molar-refractivity contribution in [3.63, 3.8) is 0 Å². The molecule has 0 heterocycles. The Hall–Kier alpha value is -2.95. The molecule has 0 fully saturated rings. The largest absolute Gasteiger partial charge is 0.459 e. The minimum Gasteiger partial charge on any atom is -0.459 e. The number of hydrogen-bond acceptors (Lipinski definition) is 6. The lowest BCUT2D eigenvalue weighted by Gasteiger charge is -2.14. The van der Waals surface area contributed by atoms with E-state index in [1.165, 1.54) is 30.3 Å². The second-order valence-electron chi connectivity index (χ2n) is 5.42. The van der Waals surface area contributed by atoms with Crippen LogP contribution in [-0.4, -0.2) is 35.5 Å². The number of hydrogen-bond donors (Lipinski definition) is 3. The fraction of sp³-hybridized carbons (Fsp3) is 0.300. The van der Waals surface area contributed by atoms with Gasteiger partial charge in [-0.05, 0) is 42.8 Å². The van der Waals surface area contributed by atoms with Crippen LogP contribution in [-0.2, 0) is 4.74 Å². The van der Waals surface area contributed by atoms with E-state index in [0.29, 0.717) is 0 Å². The molecule has 0 radical (unpaired) electrons. The number of rotatable bonds is 6. The highest BCUT2D eigenvalue weighted by Crippen LogP contribution is 2.25. The topological polar surface area (TPSA) is 103 Å². The first-order valence-corrected chi connectivity index (χ1v) is 8.48. The second-order valence-corrected chi connectivity index (χ2v) is 5.42. The maximum Gasteiger partial charge on any atom is 0.340 e. The standard InChI is InChI=1S/C18H17FN2O4.C2H6/c1-11-2-5-16(15(19)6-11)21-17-7-12(8-20)3-4-14(17)18(24)25-10-13(23)9-22;1-2/h2-7,13,21-23H,9-10H2,1H3;1-2H3. The number of halogens is 1. The first kappa shape index (κ1) is 22.1. The van der Waals surface area contributed by atoms with E-state index in [4.69, 9.17) is 15.1 Å². The zero-order valence-corrected chi connectivity index (χ0v) is 15.5. The minimum atomic E-state index is -1.19. The van der Waals surface area contributed by atoms with Crippen molar-refractivity contribution >= 4 is 17.3 Å². The number of nitrogens with zero attached hydrogens (tertiary/aromatic N) is 1. The van der Waals surface area contributed by atoms with Crippen LogP contribution in [0.15, 0.2) is 36.4 Å². The molecular formula is C20H23FN2O4. The number of ether oxygens (including phenoxy) is 1. The molecule has 144 valence electrons. The number of nitriles is 1. The molecule has 2 aromatic carbocycles. The molecular weight excluding hydrogens is 351 g/mol. The third-order valence-corrected chi connectivity index (χ3v) is 3.38. The molecule has 0 saturated carbocycles. The Morgan fingerprint density at radius 1 is 1.26 bits per heavy atom. The normalized spacial score (nSPS) is 10.9. The maximum atomic E-state index is 14.0. The molecule has 0 aliphatic rings. The van der Waals surface area contributed by atoms with Gasteiger partial charge in [-0.25, -0.2) is 9.18 Å². The SMILES string of the molecule is CC.Cc1ccc(Nc2cc(C#N)ccc2C(=O)OCC(O)CO)c(F)c1. The average Bonchev–Trinajstić information content (AvgIpc) is 2.69. The van der Waals surface area contributed by atoms with Crippen LogP contribution in [0.1, 0.15) is 35.3 Å². The summed E-state index contributed by atoms with van der Waals surface area (Å²) in [5, 5.41) is 29.8. The Kier molecular flexibility index (Phi) is 8.93. The first-order valence-electron chi connectivity index (χ1n) is 8.48. The molecule has 7 heteroatoms. The van der Waals surface area contributed by atoms with Crippen molar-refractivity contribution in [2.45, 2.75) is 26.9 Å². The molecule has 0 aromatic heterocycles. The van der Waals surface area contributed by atoms with Crippen molar-refractivity contribution in [1.82, 2.24) is 0 Å². The number of benzene rings is 2. The van der Waals surface area contributed by atoms with Crippen molar-refractivity contribution in [2.24, 2.45) is 0 Å². The van der Waals surface area contributed by atoms with Gasteiger partial charge in [-0.15, -0.1) is 0 Å². The van der Waals surface area contributed by atoms with Crippen LogP contribution in [0, 0.1) is 24.1 Å². The first-order chi connectivity index (χ1) is 12.9. The third-order valence-electron chi connectivity index (χ3n) is 3.38. The van der Waals surface area contributed by atoms with E-state index in [2.05, 4.69) is 5.32 Å². The van der Waals surface area contributed by atoms with Crippen molar-refractivity contribution < 1.29 is 24.1 Å². The lowest BCUT2D eigenvalue weighted by atomic mass is 10.1. The molecule has 6 nitrogen and oxygen atoms in total. The van der Waals surface area contributed by atoms with Gasteiger partial charge in [0.15, 0.2) is 0 Å². The highest BCUT2D eigenvalue weighted by Gasteiger charge is 2.16. The summed E-state index contributed by atoms with van der Waals surface area (Å²) in [6.07, 6.45) is -1.19. The number of esters is 1. The van der Waals surface area contributed by atoms with E-state index in [0.717, 1.165) is 5.56 Å². The number of aliphatic hydroxyl groups is 2. The molecule has 2 rings (SSSR count). The van der Waals surface area contributed by atoms with Crippen LogP contribution in [0.5, 0.6) is 0 Å². The molecule has 2 aromatic rings. The van der Waals surface area contributed by atoms with Crippen LogP contribution in [0.4, 0.5) is 15.8 Å². The van der Waals surface area contributed by atoms with E-state index >= 15 is 0 Å². The van der Waals surface area contributed by atoms with Gasteiger partial charge in [0, 0.05) is 0 Å². The lowest BCUT2D eigenvalue weighted by molar-refractivity contribution is 0.00941. The Morgan fingerprint density at radius 2 is 1.96 bits per heavy atom. The molecule has 0 saturated heterocycles. The lowest BCUT2D eigenvalue weighted by Crippen LogP contribution is -2.22. The molecule has 0 aliphatic heterocycles. The monoisotopic (exact) mass is 374 g/mol. The number of aliphatic hydroxyl groups excluding tert-OH is 2. The molecule has 27 heavy (non-hydrogen) atoms. The molecule has 0 amide bonds. The number of nitrogens with one attached hydrogen (secondary N) is 1. The smallest absolute Gasteiger partial charge is 0.340 e. The third kappa shape index (κ3) is 6.37. The molecule has 0 spiro atoms. The van der Waals surface area contributed by atoms with E-state index in [-0.39, 0.29) is 29.1 Å². The summed E-state index contributed by atoms with van der Waals surface area (Å²) in [6, 6.07) is 10.7. The number of anilines is 2. The van der Waals surface area contributed by atoms with Crippen molar-refractivity contribution in [1.29, 1.82) is 5.26 Å². The fourth-order valence-electron chi connectivity index (χ4n) is 2.06. The Labute approximate surface area is 157 Å². The summed E-state index contributed by atoms with van der Waals surface area (Å²) >= 11 is 0. The van der Waals surface area contributed by atoms with Crippen LogP contribution in [0.25, 0.3) is 0 Å². The van der Waals surface area contributed by atoms with E-state index in [1.54, 1.807) is 13.0 Å². The van der Waals surface area contributed by atoms with Gasteiger partial charge >= 0.3 is 5.97 Å². The van der Waals surface area contributed by atoms with Crippen LogP contribution >= 0.6 is 0 Å². The van der Waals surface area contributed by atoms with Gasteiger partial charge in [-0.1, -0.05) is 19.9 Å². The molecule has 1 atom stereocenters. The highest BCUT2D eigenvalue weighted by atomic mass is 19.1. The Balaban J connectivity index is 0.00000176. The van der Waals surface area contributed by atoms with Gasteiger partial charge in [0.05, 0.1) is 35.2 Å². The number of aryl methyl sites for hydroxylation is 1. The summed E-state index contributed by atoms with van der Waals surface area (Å²) in [5.41, 5.74) is 1.44. The van der Waals surface area contributed by atoms with Crippen LogP contribution < -0.4 is 5.32 Å². The summed E-state index contributed by atoms with van der Waals surface area (Å²) < 4.78 is 19.0. The molecule has 0 bridgehead atoms. The van der Waals surface area contributed by atoms with Gasteiger partial charge in [0.2, 0.25) is 0 Å². The molecule has 3 N–H and O–H groups in total. The summed E-state index contributed by atoms with van der Waals surface area (Å²) in [5.74, 6) is -1.27. The van der Waals surface area contributed by atoms with Crippen molar-refractivity contribution in [3.05, 3.63) is 58.9 Å². The van der Waals surface area contributed by atoms with E-state index in [9.17, 15) is 14.3 Å². The number of carbonyl (C=O) groups excluding carboxylic acids is 1. The number of carbonyl (C=O) groups is 1. The van der Waals surface area contributed by atoms with Crippen LogP contribution in [0.2, 0.25) is 0 Å². The fourth-order valence-corrected chi connectivity index (χ4v) is 2.06. The van der Waals surface area contributed by atoms with E-state index < -0.39 is 24.5 Å². The predicted molar refractivity (Wildman–Crippen MR) is 100 cm³/mol. The quantitative estimate of drug-likeness (QED) is 0.671. The van der Waals surface area contributed by atoms with Gasteiger partial charge < -0.3 is 20.3 Å². The molecule has 1 unspecified atom stereocenters. The van der Waals surface area contributed by atoms with E-state index in [1.807, 2.05) is 19.9 Å². The summed E-state index contributed by atoms with van der Waals surface area (Å²) in [4.78, 5) is 12.2. The Bertz CT molecular complexity index is 818. The van der Waals surface area contributed by atoms with Gasteiger partial charge in [0.1, 0.15) is 18.5 Å². The van der Waals surface area contributed by atoms with Gasteiger partial charge in [-0.3, -0.25) is 0 Å². The van der Waals surface area contributed by atoms with Crippen molar-refractivity contribution in [2.75, 3.05) is 18.5 Å². The Morgan fingerprint density at radius 3 is 2.56 bits per heavy atom. The van der Waals surface area contributed by atoms with Gasteiger partial charge in [0.25, 0.3) is 0 Å². The van der Waals surface area contributed by atoms with Crippen molar-refractivity contribution in [3.8, 4) is 6.07 Å².